The fourth-order valence-corrected chi connectivity index (χ4v) is 4.43. The van der Waals surface area contributed by atoms with Crippen molar-refractivity contribution >= 4 is 8.32 Å². The van der Waals surface area contributed by atoms with E-state index in [4.69, 9.17) is 14.4 Å². The number of hydrogen-bond acceptors (Lipinski definition) is 3. The molecule has 0 bridgehead atoms. The van der Waals surface area contributed by atoms with E-state index in [-0.39, 0.29) is 5.04 Å². The van der Waals surface area contributed by atoms with Crippen LogP contribution in [0.4, 0.5) is 0 Å². The van der Waals surface area contributed by atoms with Gasteiger partial charge in [0.2, 0.25) is 0 Å². The molecule has 144 valence electrons. The largest absolute Gasteiger partial charge is 0.543 e. The maximum absolute atomic E-state index is 8.81. The molecular weight excluding hydrogens is 338 g/mol. The summed E-state index contributed by atoms with van der Waals surface area (Å²) in [5.74, 6) is 2.17. The maximum atomic E-state index is 8.81. The van der Waals surface area contributed by atoms with Gasteiger partial charge in [-0.2, -0.15) is 5.26 Å². The zero-order valence-corrected chi connectivity index (χ0v) is 18.5. The lowest BCUT2D eigenvalue weighted by atomic mass is 9.87. The molecule has 0 aromatic heterocycles. The molecule has 0 heterocycles. The zero-order valence-electron chi connectivity index (χ0n) is 17.5. The second-order valence-corrected chi connectivity index (χ2v) is 13.7. The Hall–Kier alpha value is -1.47. The topological polar surface area (TPSA) is 42.2 Å². The summed E-state index contributed by atoms with van der Waals surface area (Å²) < 4.78 is 12.6. The molecule has 0 fully saturated rings. The SMILES string of the molecule is COc1cc(CCCCC#N)c(O[Si](C)(C)C(C)(C)C)c2c1CCCC2. The number of aryl methyl sites for hydroxylation is 1. The van der Waals surface area contributed by atoms with Gasteiger partial charge in [0.15, 0.2) is 0 Å². The number of rotatable bonds is 7. The van der Waals surface area contributed by atoms with Gasteiger partial charge < -0.3 is 9.16 Å². The summed E-state index contributed by atoms with van der Waals surface area (Å²) in [7, 11) is -0.136. The fraction of sp³-hybridized carbons (Fsp3) is 0.682. The van der Waals surface area contributed by atoms with Crippen LogP contribution in [0.5, 0.6) is 11.5 Å². The molecular formula is C22H35NO2Si. The fourth-order valence-electron chi connectivity index (χ4n) is 3.36. The molecule has 26 heavy (non-hydrogen) atoms. The van der Waals surface area contributed by atoms with Crippen molar-refractivity contribution in [1.82, 2.24) is 0 Å². The van der Waals surface area contributed by atoms with Crippen LogP contribution in [-0.4, -0.2) is 15.4 Å². The number of nitriles is 1. The summed E-state index contributed by atoms with van der Waals surface area (Å²) in [5, 5.41) is 8.98. The van der Waals surface area contributed by atoms with E-state index in [1.165, 1.54) is 29.5 Å². The molecule has 1 aromatic rings. The highest BCUT2D eigenvalue weighted by atomic mass is 28.4. The average Bonchev–Trinajstić information content (AvgIpc) is 2.59. The van der Waals surface area contributed by atoms with Crippen LogP contribution >= 0.6 is 0 Å². The molecule has 0 radical (unpaired) electrons. The van der Waals surface area contributed by atoms with E-state index in [2.05, 4.69) is 46.0 Å². The Morgan fingerprint density at radius 2 is 1.77 bits per heavy atom. The van der Waals surface area contributed by atoms with E-state index in [1.54, 1.807) is 7.11 Å². The van der Waals surface area contributed by atoms with Crippen molar-refractivity contribution in [3.05, 3.63) is 22.8 Å². The monoisotopic (exact) mass is 373 g/mol. The lowest BCUT2D eigenvalue weighted by molar-refractivity contribution is 0.401. The molecule has 3 nitrogen and oxygen atoms in total. The van der Waals surface area contributed by atoms with Crippen molar-refractivity contribution in [2.75, 3.05) is 7.11 Å². The third kappa shape index (κ3) is 4.62. The van der Waals surface area contributed by atoms with Gasteiger partial charge in [-0.1, -0.05) is 20.8 Å². The molecule has 1 aromatic carbocycles. The Labute approximate surface area is 160 Å². The molecule has 0 spiro atoms. The van der Waals surface area contributed by atoms with Crippen LogP contribution in [0.1, 0.15) is 69.6 Å². The third-order valence-corrected chi connectivity index (χ3v) is 10.3. The number of methoxy groups -OCH3 is 1. The van der Waals surface area contributed by atoms with Crippen LogP contribution in [0.25, 0.3) is 0 Å². The molecule has 0 aliphatic heterocycles. The Kier molecular flexibility index (Phi) is 6.79. The Morgan fingerprint density at radius 1 is 1.12 bits per heavy atom. The minimum atomic E-state index is -1.91. The highest BCUT2D eigenvalue weighted by Crippen LogP contribution is 2.44. The lowest BCUT2D eigenvalue weighted by Crippen LogP contribution is -2.44. The van der Waals surface area contributed by atoms with Gasteiger partial charge in [0, 0.05) is 12.0 Å². The van der Waals surface area contributed by atoms with Crippen molar-refractivity contribution < 1.29 is 9.16 Å². The van der Waals surface area contributed by atoms with E-state index in [0.717, 1.165) is 43.6 Å². The predicted molar refractivity (Wildman–Crippen MR) is 111 cm³/mol. The summed E-state index contributed by atoms with van der Waals surface area (Å²) in [6.07, 6.45) is 8.16. The first-order valence-corrected chi connectivity index (χ1v) is 12.9. The molecule has 0 atom stereocenters. The van der Waals surface area contributed by atoms with E-state index in [1.807, 2.05) is 0 Å². The van der Waals surface area contributed by atoms with Gasteiger partial charge in [-0.05, 0) is 80.3 Å². The van der Waals surface area contributed by atoms with E-state index in [9.17, 15) is 0 Å². The standard InChI is InChI=1S/C22H35NO2Si/c1-22(2,3)26(5,6)25-21-17(12-8-7-11-15-23)16-20(24-4)18-13-9-10-14-19(18)21/h16H,7-14H2,1-6H3. The highest BCUT2D eigenvalue weighted by molar-refractivity contribution is 6.74. The molecule has 0 amide bonds. The van der Waals surface area contributed by atoms with Gasteiger partial charge in [0.1, 0.15) is 11.5 Å². The van der Waals surface area contributed by atoms with E-state index < -0.39 is 8.32 Å². The number of benzene rings is 1. The molecule has 0 unspecified atom stereocenters. The maximum Gasteiger partial charge on any atom is 0.250 e. The number of fused-ring (bicyclic) bond motifs is 1. The molecule has 0 saturated heterocycles. The number of nitrogens with zero attached hydrogens (tertiary/aromatic N) is 1. The van der Waals surface area contributed by atoms with Crippen molar-refractivity contribution in [2.45, 2.75) is 90.3 Å². The van der Waals surface area contributed by atoms with Crippen LogP contribution in [0, 0.1) is 11.3 Å². The smallest absolute Gasteiger partial charge is 0.250 e. The summed E-state index contributed by atoms with van der Waals surface area (Å²) in [6.45, 7) is 11.5. The summed E-state index contributed by atoms with van der Waals surface area (Å²) in [4.78, 5) is 0. The van der Waals surface area contributed by atoms with Crippen LogP contribution < -0.4 is 9.16 Å². The quantitative estimate of drug-likeness (QED) is 0.422. The van der Waals surface area contributed by atoms with Crippen molar-refractivity contribution in [1.29, 1.82) is 5.26 Å². The minimum Gasteiger partial charge on any atom is -0.543 e. The van der Waals surface area contributed by atoms with Crippen LogP contribution in [0.2, 0.25) is 18.1 Å². The first kappa shape index (κ1) is 20.8. The second-order valence-electron chi connectivity index (χ2n) is 8.96. The van der Waals surface area contributed by atoms with Crippen LogP contribution in [0.3, 0.4) is 0 Å². The third-order valence-electron chi connectivity index (χ3n) is 6.00. The van der Waals surface area contributed by atoms with Gasteiger partial charge >= 0.3 is 0 Å². The van der Waals surface area contributed by atoms with E-state index in [0.29, 0.717) is 6.42 Å². The molecule has 4 heteroatoms. The molecule has 1 aliphatic rings. The molecule has 0 N–H and O–H groups in total. The molecule has 2 rings (SSSR count). The lowest BCUT2D eigenvalue weighted by Gasteiger charge is -2.38. The summed E-state index contributed by atoms with van der Waals surface area (Å²) >= 11 is 0. The number of unbranched alkanes of at least 4 members (excludes halogenated alkanes) is 2. The average molecular weight is 374 g/mol. The second kappa shape index (κ2) is 8.48. The Morgan fingerprint density at radius 3 is 2.35 bits per heavy atom. The van der Waals surface area contributed by atoms with Crippen molar-refractivity contribution in [3.63, 3.8) is 0 Å². The van der Waals surface area contributed by atoms with Gasteiger partial charge in [-0.3, -0.25) is 0 Å². The van der Waals surface area contributed by atoms with Crippen molar-refractivity contribution in [3.8, 4) is 17.6 Å². The zero-order chi connectivity index (χ0) is 19.4. The van der Waals surface area contributed by atoms with Gasteiger partial charge in [-0.15, -0.1) is 0 Å². The van der Waals surface area contributed by atoms with Crippen molar-refractivity contribution in [2.24, 2.45) is 0 Å². The summed E-state index contributed by atoms with van der Waals surface area (Å²) in [5.41, 5.74) is 4.01. The number of ether oxygens (including phenoxy) is 1. The van der Waals surface area contributed by atoms with Gasteiger partial charge in [-0.25, -0.2) is 0 Å². The Balaban J connectivity index is 2.46. The van der Waals surface area contributed by atoms with Gasteiger partial charge in [0.05, 0.1) is 13.2 Å². The summed E-state index contributed by atoms with van der Waals surface area (Å²) in [6, 6.07) is 4.46. The van der Waals surface area contributed by atoms with E-state index >= 15 is 0 Å². The molecule has 0 saturated carbocycles. The predicted octanol–water partition coefficient (Wildman–Crippen LogP) is 6.19. The number of hydrogen-bond donors (Lipinski definition) is 0. The highest BCUT2D eigenvalue weighted by Gasteiger charge is 2.40. The Bertz CT molecular complexity index is 668. The normalized spacial score (nSPS) is 14.5. The van der Waals surface area contributed by atoms with Crippen LogP contribution in [0.15, 0.2) is 6.07 Å². The first-order chi connectivity index (χ1) is 12.2. The first-order valence-electron chi connectivity index (χ1n) is 9.99. The minimum absolute atomic E-state index is 0.173. The van der Waals surface area contributed by atoms with Crippen LogP contribution in [-0.2, 0) is 19.3 Å². The van der Waals surface area contributed by atoms with Gasteiger partial charge in [0.25, 0.3) is 8.32 Å². The molecule has 1 aliphatic carbocycles.